The van der Waals surface area contributed by atoms with Gasteiger partial charge in [-0.1, -0.05) is 48.0 Å². The minimum Gasteiger partial charge on any atom is -0.507 e. The Labute approximate surface area is 124 Å². The van der Waals surface area contributed by atoms with Crippen molar-refractivity contribution >= 4 is 22.7 Å². The fourth-order valence-corrected chi connectivity index (χ4v) is 2.47. The lowest BCUT2D eigenvalue weighted by atomic mass is 10.1. The summed E-state index contributed by atoms with van der Waals surface area (Å²) in [6.07, 6.45) is 1.72. The third-order valence-corrected chi connectivity index (χ3v) is 3.63. The van der Waals surface area contributed by atoms with E-state index in [2.05, 4.69) is 18.0 Å². The molecule has 0 unspecified atom stereocenters. The Kier molecular flexibility index (Phi) is 3.44. The topological polar surface area (TPSA) is 32.6 Å². The number of phenolic OH excluding ortho intramolecular Hbond substituents is 1. The second-order valence-corrected chi connectivity index (χ2v) is 5.27. The minimum absolute atomic E-state index is 0.279. The van der Waals surface area contributed by atoms with Crippen LogP contribution in [0, 0.1) is 13.8 Å². The molecule has 0 aliphatic carbocycles. The van der Waals surface area contributed by atoms with Gasteiger partial charge in [-0.05, 0) is 36.9 Å². The van der Waals surface area contributed by atoms with Crippen LogP contribution in [0.4, 0.5) is 5.69 Å². The second kappa shape index (κ2) is 5.41. The van der Waals surface area contributed by atoms with Gasteiger partial charge in [0, 0.05) is 17.2 Å². The van der Waals surface area contributed by atoms with Gasteiger partial charge in [0.05, 0.1) is 5.69 Å². The van der Waals surface area contributed by atoms with Gasteiger partial charge >= 0.3 is 0 Å². The Bertz CT molecular complexity index is 834. The molecule has 0 heterocycles. The van der Waals surface area contributed by atoms with Crippen molar-refractivity contribution in [3.63, 3.8) is 0 Å². The molecule has 0 aliphatic heterocycles. The molecule has 2 nitrogen and oxygen atoms in total. The maximum atomic E-state index is 10.3. The first kappa shape index (κ1) is 13.4. The minimum atomic E-state index is 0.279. The van der Waals surface area contributed by atoms with Crippen molar-refractivity contribution in [1.82, 2.24) is 0 Å². The van der Waals surface area contributed by atoms with E-state index in [-0.39, 0.29) is 5.75 Å². The Balaban J connectivity index is 2.01. The lowest BCUT2D eigenvalue weighted by Crippen LogP contribution is -1.85. The molecule has 0 fully saturated rings. The maximum Gasteiger partial charge on any atom is 0.132 e. The Morgan fingerprint density at radius 2 is 1.76 bits per heavy atom. The average Bonchev–Trinajstić information content (AvgIpc) is 2.48. The van der Waals surface area contributed by atoms with Crippen LogP contribution >= 0.6 is 0 Å². The zero-order chi connectivity index (χ0) is 14.8. The average molecular weight is 275 g/mol. The zero-order valence-corrected chi connectivity index (χ0v) is 12.2. The van der Waals surface area contributed by atoms with Crippen LogP contribution < -0.4 is 0 Å². The van der Waals surface area contributed by atoms with Crippen LogP contribution in [-0.2, 0) is 0 Å². The molecular weight excluding hydrogens is 258 g/mol. The number of nitrogens with zero attached hydrogens (tertiary/aromatic N) is 1. The fraction of sp³-hybridized carbons (Fsp3) is 0.105. The Morgan fingerprint density at radius 3 is 2.57 bits per heavy atom. The van der Waals surface area contributed by atoms with Crippen LogP contribution in [0.2, 0.25) is 0 Å². The third-order valence-electron chi connectivity index (χ3n) is 3.63. The lowest BCUT2D eigenvalue weighted by Gasteiger charge is -2.05. The predicted molar refractivity (Wildman–Crippen MR) is 88.8 cm³/mol. The number of aryl methyl sites for hydroxylation is 2. The van der Waals surface area contributed by atoms with Crippen molar-refractivity contribution in [2.45, 2.75) is 13.8 Å². The molecule has 0 aromatic heterocycles. The number of benzene rings is 3. The van der Waals surface area contributed by atoms with Gasteiger partial charge < -0.3 is 5.11 Å². The fourth-order valence-electron chi connectivity index (χ4n) is 2.47. The number of aromatic hydroxyl groups is 1. The molecule has 3 aromatic carbocycles. The van der Waals surface area contributed by atoms with E-state index in [9.17, 15) is 5.11 Å². The van der Waals surface area contributed by atoms with Crippen LogP contribution in [0.3, 0.4) is 0 Å². The van der Waals surface area contributed by atoms with E-state index in [1.165, 1.54) is 5.56 Å². The van der Waals surface area contributed by atoms with E-state index in [0.717, 1.165) is 27.6 Å². The number of aliphatic imine (C=N–C) groups is 1. The molecule has 104 valence electrons. The largest absolute Gasteiger partial charge is 0.507 e. The monoisotopic (exact) mass is 275 g/mol. The van der Waals surface area contributed by atoms with Gasteiger partial charge in [-0.15, -0.1) is 0 Å². The van der Waals surface area contributed by atoms with Crippen LogP contribution in [0.25, 0.3) is 10.8 Å². The molecule has 21 heavy (non-hydrogen) atoms. The number of rotatable bonds is 2. The SMILES string of the molecule is Cc1ccc(N=Cc2ccc3ccccc3c2O)c(C)c1. The van der Waals surface area contributed by atoms with Crippen molar-refractivity contribution in [2.75, 3.05) is 0 Å². The molecule has 1 N–H and O–H groups in total. The second-order valence-electron chi connectivity index (χ2n) is 5.27. The highest BCUT2D eigenvalue weighted by Gasteiger charge is 2.04. The van der Waals surface area contributed by atoms with E-state index in [0.29, 0.717) is 0 Å². The molecule has 3 rings (SSSR count). The molecular formula is C19H17NO. The maximum absolute atomic E-state index is 10.3. The summed E-state index contributed by atoms with van der Waals surface area (Å²) in [6, 6.07) is 17.8. The molecule has 0 aliphatic rings. The van der Waals surface area contributed by atoms with Crippen molar-refractivity contribution in [3.05, 3.63) is 71.3 Å². The highest BCUT2D eigenvalue weighted by molar-refractivity contribution is 5.97. The highest BCUT2D eigenvalue weighted by atomic mass is 16.3. The standard InChI is InChI=1S/C19H17NO/c1-13-7-10-18(14(2)11-13)20-12-16-9-8-15-5-3-4-6-17(15)19(16)21/h3-12,21H,1-2H3. The van der Waals surface area contributed by atoms with E-state index >= 15 is 0 Å². The summed E-state index contributed by atoms with van der Waals surface area (Å²) >= 11 is 0. The summed E-state index contributed by atoms with van der Waals surface area (Å²) in [6.45, 7) is 4.11. The molecule has 0 saturated carbocycles. The van der Waals surface area contributed by atoms with Gasteiger partial charge in [-0.25, -0.2) is 0 Å². The highest BCUT2D eigenvalue weighted by Crippen LogP contribution is 2.28. The van der Waals surface area contributed by atoms with Gasteiger partial charge in [0.15, 0.2) is 0 Å². The number of hydrogen-bond donors (Lipinski definition) is 1. The normalized spacial score (nSPS) is 11.3. The first-order valence-corrected chi connectivity index (χ1v) is 6.97. The summed E-state index contributed by atoms with van der Waals surface area (Å²) in [5.74, 6) is 0.279. The summed E-state index contributed by atoms with van der Waals surface area (Å²) in [7, 11) is 0. The van der Waals surface area contributed by atoms with Crippen LogP contribution in [0.15, 0.2) is 59.6 Å². The first-order chi connectivity index (χ1) is 10.1. The van der Waals surface area contributed by atoms with Gasteiger partial charge in [0.2, 0.25) is 0 Å². The smallest absolute Gasteiger partial charge is 0.132 e. The molecule has 0 bridgehead atoms. The van der Waals surface area contributed by atoms with E-state index < -0.39 is 0 Å². The third kappa shape index (κ3) is 2.65. The molecule has 0 atom stereocenters. The van der Waals surface area contributed by atoms with Crippen molar-refractivity contribution in [2.24, 2.45) is 4.99 Å². The van der Waals surface area contributed by atoms with E-state index in [4.69, 9.17) is 0 Å². The van der Waals surface area contributed by atoms with Gasteiger partial charge in [0.1, 0.15) is 5.75 Å². The number of phenols is 1. The van der Waals surface area contributed by atoms with Gasteiger partial charge in [-0.3, -0.25) is 4.99 Å². The molecule has 3 aromatic rings. The number of fused-ring (bicyclic) bond motifs is 1. The number of hydrogen-bond acceptors (Lipinski definition) is 2. The molecule has 2 heteroatoms. The molecule has 0 radical (unpaired) electrons. The van der Waals surface area contributed by atoms with Crippen LogP contribution in [-0.4, -0.2) is 11.3 Å². The predicted octanol–water partition coefficient (Wildman–Crippen LogP) is 4.91. The zero-order valence-electron chi connectivity index (χ0n) is 12.2. The first-order valence-electron chi connectivity index (χ1n) is 6.97. The Hall–Kier alpha value is -2.61. The van der Waals surface area contributed by atoms with Crippen molar-refractivity contribution in [3.8, 4) is 5.75 Å². The summed E-state index contributed by atoms with van der Waals surface area (Å²) < 4.78 is 0. The summed E-state index contributed by atoms with van der Waals surface area (Å²) in [4.78, 5) is 4.50. The van der Waals surface area contributed by atoms with Gasteiger partial charge in [0.25, 0.3) is 0 Å². The van der Waals surface area contributed by atoms with Crippen LogP contribution in [0.1, 0.15) is 16.7 Å². The van der Waals surface area contributed by atoms with E-state index in [1.807, 2.05) is 55.5 Å². The summed E-state index contributed by atoms with van der Waals surface area (Å²) in [5, 5.41) is 12.2. The molecule has 0 saturated heterocycles. The van der Waals surface area contributed by atoms with Crippen molar-refractivity contribution < 1.29 is 5.11 Å². The lowest BCUT2D eigenvalue weighted by molar-refractivity contribution is 0.481. The quantitative estimate of drug-likeness (QED) is 0.662. The summed E-state index contributed by atoms with van der Waals surface area (Å²) in [5.41, 5.74) is 4.01. The van der Waals surface area contributed by atoms with Crippen molar-refractivity contribution in [1.29, 1.82) is 0 Å². The molecule has 0 spiro atoms. The molecule has 0 amide bonds. The van der Waals surface area contributed by atoms with Gasteiger partial charge in [-0.2, -0.15) is 0 Å². The van der Waals surface area contributed by atoms with Crippen LogP contribution in [0.5, 0.6) is 5.75 Å². The Morgan fingerprint density at radius 1 is 0.952 bits per heavy atom. The van der Waals surface area contributed by atoms with E-state index in [1.54, 1.807) is 6.21 Å².